The lowest BCUT2D eigenvalue weighted by Crippen LogP contribution is -2.76. The smallest absolute Gasteiger partial charge is 0.387 e. The molecule has 0 amide bonds. The van der Waals surface area contributed by atoms with Crippen molar-refractivity contribution in [1.29, 1.82) is 0 Å². The van der Waals surface area contributed by atoms with Gasteiger partial charge in [-0.3, -0.25) is 4.79 Å². The third kappa shape index (κ3) is 5.96. The first-order chi connectivity index (χ1) is 15.5. The normalized spacial score (nSPS) is 19.5. The molecule has 33 heavy (non-hydrogen) atoms. The van der Waals surface area contributed by atoms with E-state index >= 15 is 0 Å². The average Bonchev–Trinajstić information content (AvgIpc) is 3.12. The lowest BCUT2D eigenvalue weighted by molar-refractivity contribution is -0.842. The molecule has 1 fully saturated rings. The lowest BCUT2D eigenvalue weighted by Gasteiger charge is -2.31. The zero-order valence-corrected chi connectivity index (χ0v) is 20.0. The van der Waals surface area contributed by atoms with Crippen LogP contribution in [0.5, 0.6) is 17.2 Å². The third-order valence-electron chi connectivity index (χ3n) is 5.15. The Balaban J connectivity index is 1.96. The van der Waals surface area contributed by atoms with E-state index in [1.54, 1.807) is 6.92 Å². The largest absolute Gasteiger partial charge is 0.447 e. The Morgan fingerprint density at radius 2 is 1.88 bits per heavy atom. The van der Waals surface area contributed by atoms with Gasteiger partial charge in [0.25, 0.3) is 5.79 Å². The molecule has 0 saturated carbocycles. The van der Waals surface area contributed by atoms with Gasteiger partial charge in [0.05, 0.1) is 24.2 Å². The standard InChI is InChI=1S/C20H21Cl2F2NO7S/c1-11(21)13(14(22)10-25-29-2)9-15(26)12-3-4-16(30-19(23)24)18-17(12)31-20(32-18)5-7-33(27,28)8-6-20/h3-4,10,19,25H,5-9H2,1-2H3/p+1/b13-11+,14-10+. The van der Waals surface area contributed by atoms with Crippen molar-refractivity contribution in [2.45, 2.75) is 38.6 Å². The number of fused-ring (bicyclic) bond motifs is 1. The van der Waals surface area contributed by atoms with Crippen molar-refractivity contribution in [3.63, 3.8) is 0 Å². The minimum atomic E-state index is -3.26. The van der Waals surface area contributed by atoms with Gasteiger partial charge in [-0.1, -0.05) is 23.2 Å². The van der Waals surface area contributed by atoms with Gasteiger partial charge in [0.15, 0.2) is 27.1 Å². The van der Waals surface area contributed by atoms with Crippen molar-refractivity contribution >= 4 is 38.8 Å². The Morgan fingerprint density at radius 1 is 1.24 bits per heavy atom. The number of quaternary nitrogens is 1. The quantitative estimate of drug-likeness (QED) is 0.313. The molecule has 13 heteroatoms. The molecule has 0 aliphatic carbocycles. The van der Waals surface area contributed by atoms with Gasteiger partial charge < -0.3 is 14.2 Å². The summed E-state index contributed by atoms with van der Waals surface area (Å²) in [7, 11) is -1.84. The first-order valence-electron chi connectivity index (χ1n) is 9.78. The third-order valence-corrected chi connectivity index (χ3v) is 7.38. The van der Waals surface area contributed by atoms with Crippen molar-refractivity contribution in [3.8, 4) is 17.2 Å². The number of hydroxylamine groups is 1. The van der Waals surface area contributed by atoms with Gasteiger partial charge in [-0.2, -0.15) is 14.3 Å². The highest BCUT2D eigenvalue weighted by Gasteiger charge is 2.48. The molecular weight excluding hydrogens is 507 g/mol. The van der Waals surface area contributed by atoms with Gasteiger partial charge in [0.2, 0.25) is 5.75 Å². The number of alkyl halides is 2. The maximum Gasteiger partial charge on any atom is 0.387 e. The number of carbonyl (C=O) groups excluding carboxylic acids is 1. The molecule has 1 aromatic rings. The number of rotatable bonds is 8. The van der Waals surface area contributed by atoms with Gasteiger partial charge in [-0.15, -0.1) is 0 Å². The summed E-state index contributed by atoms with van der Waals surface area (Å²) in [5, 5.41) is 0.452. The first kappa shape index (κ1) is 25.7. The fraction of sp³-hybridized carbons (Fsp3) is 0.450. The molecule has 0 bridgehead atoms. The summed E-state index contributed by atoms with van der Waals surface area (Å²) in [6.07, 6.45) is 1.14. The van der Waals surface area contributed by atoms with Crippen LogP contribution in [-0.4, -0.2) is 45.2 Å². The predicted molar refractivity (Wildman–Crippen MR) is 115 cm³/mol. The highest BCUT2D eigenvalue weighted by Crippen LogP contribution is 2.51. The van der Waals surface area contributed by atoms with E-state index in [0.717, 1.165) is 0 Å². The number of hydrogen-bond acceptors (Lipinski definition) is 7. The predicted octanol–water partition coefficient (Wildman–Crippen LogP) is 3.25. The molecule has 8 nitrogen and oxygen atoms in total. The van der Waals surface area contributed by atoms with E-state index < -0.39 is 28.0 Å². The SMILES string of the molecule is CO[NH2+]/C=C(Cl)\C(CC(=O)c1ccc(OC(F)F)c2c1OC1(CCS(=O)(=O)CC1)O2)=C(/C)Cl. The Labute approximate surface area is 199 Å². The number of ketones is 1. The molecule has 0 unspecified atom stereocenters. The van der Waals surface area contributed by atoms with Crippen LogP contribution in [0.4, 0.5) is 8.78 Å². The van der Waals surface area contributed by atoms with Crippen LogP contribution < -0.4 is 19.7 Å². The Bertz CT molecular complexity index is 1090. The zero-order chi connectivity index (χ0) is 24.4. The highest BCUT2D eigenvalue weighted by atomic mass is 35.5. The maximum atomic E-state index is 13.2. The van der Waals surface area contributed by atoms with Crippen LogP contribution in [-0.2, 0) is 14.7 Å². The molecule has 2 aliphatic rings. The highest BCUT2D eigenvalue weighted by molar-refractivity contribution is 7.91. The summed E-state index contributed by atoms with van der Waals surface area (Å²) in [4.78, 5) is 18.0. The van der Waals surface area contributed by atoms with Gasteiger partial charge in [-0.25, -0.2) is 13.3 Å². The topological polar surface area (TPSA) is 105 Å². The van der Waals surface area contributed by atoms with Gasteiger partial charge in [0, 0.05) is 24.3 Å². The Hall–Kier alpha value is -1.92. The van der Waals surface area contributed by atoms with Gasteiger partial charge in [0.1, 0.15) is 11.2 Å². The van der Waals surface area contributed by atoms with Crippen LogP contribution >= 0.6 is 23.2 Å². The summed E-state index contributed by atoms with van der Waals surface area (Å²) in [5.41, 5.74) is 1.68. The number of hydrogen-bond donors (Lipinski definition) is 1. The van der Waals surface area contributed by atoms with Crippen LogP contribution in [0.25, 0.3) is 0 Å². The van der Waals surface area contributed by atoms with Gasteiger partial charge in [-0.05, 0) is 24.6 Å². The van der Waals surface area contributed by atoms with E-state index in [2.05, 4.69) is 4.74 Å². The molecule has 2 N–H and O–H groups in total. The zero-order valence-electron chi connectivity index (χ0n) is 17.7. The second kappa shape index (κ2) is 10.1. The van der Waals surface area contributed by atoms with Crippen molar-refractivity contribution in [2.75, 3.05) is 18.6 Å². The second-order valence-corrected chi connectivity index (χ2v) is 10.7. The monoisotopic (exact) mass is 528 g/mol. The molecule has 2 heterocycles. The Morgan fingerprint density at radius 3 is 2.45 bits per heavy atom. The minimum absolute atomic E-state index is 0.0286. The summed E-state index contributed by atoms with van der Waals surface area (Å²) in [6, 6.07) is 2.45. The van der Waals surface area contributed by atoms with Crippen LogP contribution in [0.2, 0.25) is 0 Å². The molecule has 1 saturated heterocycles. The van der Waals surface area contributed by atoms with Crippen molar-refractivity contribution in [2.24, 2.45) is 0 Å². The summed E-state index contributed by atoms with van der Waals surface area (Å²) < 4.78 is 65.8. The van der Waals surface area contributed by atoms with Crippen molar-refractivity contribution in [3.05, 3.63) is 39.5 Å². The fourth-order valence-electron chi connectivity index (χ4n) is 3.45. The number of carbonyl (C=O) groups is 1. The number of Topliss-reactive ketones (excluding diaryl/α,β-unsaturated/α-hetero) is 1. The molecule has 3 rings (SSSR count). The molecule has 0 radical (unpaired) electrons. The lowest BCUT2D eigenvalue weighted by atomic mass is 10.0. The summed E-state index contributed by atoms with van der Waals surface area (Å²) in [6.45, 7) is -1.58. The van der Waals surface area contributed by atoms with Crippen LogP contribution in [0, 0.1) is 0 Å². The number of benzene rings is 1. The molecule has 1 spiro atoms. The molecule has 0 atom stereocenters. The molecule has 2 aliphatic heterocycles. The van der Waals surface area contributed by atoms with Crippen molar-refractivity contribution < 1.29 is 46.5 Å². The summed E-state index contributed by atoms with van der Waals surface area (Å²) in [5.74, 6) is -2.86. The van der Waals surface area contributed by atoms with Gasteiger partial charge >= 0.3 is 6.61 Å². The number of allylic oxidation sites excluding steroid dienone is 3. The molecule has 182 valence electrons. The van der Waals surface area contributed by atoms with E-state index in [0.29, 0.717) is 5.57 Å². The molecule has 0 aromatic heterocycles. The number of nitrogens with two attached hydrogens (primary N) is 1. The molecular formula is C20H22Cl2F2NO7S+. The van der Waals surface area contributed by atoms with Crippen LogP contribution in [0.15, 0.2) is 34.0 Å². The fourth-order valence-corrected chi connectivity index (χ4v) is 5.38. The number of halogens is 4. The number of ether oxygens (including phenoxy) is 3. The number of sulfone groups is 1. The summed E-state index contributed by atoms with van der Waals surface area (Å²) >= 11 is 12.4. The molecule has 1 aromatic carbocycles. The average molecular weight is 529 g/mol. The van der Waals surface area contributed by atoms with E-state index in [1.165, 1.54) is 30.9 Å². The van der Waals surface area contributed by atoms with Crippen LogP contribution in [0.3, 0.4) is 0 Å². The maximum absolute atomic E-state index is 13.2. The van der Waals surface area contributed by atoms with E-state index in [1.807, 2.05) is 0 Å². The van der Waals surface area contributed by atoms with Crippen molar-refractivity contribution in [1.82, 2.24) is 0 Å². The van der Waals surface area contributed by atoms with E-state index in [4.69, 9.17) is 37.5 Å². The van der Waals surface area contributed by atoms with E-state index in [9.17, 15) is 22.0 Å². The van der Waals surface area contributed by atoms with Crippen LogP contribution in [0.1, 0.15) is 36.5 Å². The second-order valence-electron chi connectivity index (χ2n) is 7.41. The minimum Gasteiger partial charge on any atom is -0.447 e. The first-order valence-corrected chi connectivity index (χ1v) is 12.4. The van der Waals surface area contributed by atoms with E-state index in [-0.39, 0.29) is 63.6 Å². The Kier molecular flexibility index (Phi) is 7.90.